The lowest BCUT2D eigenvalue weighted by Gasteiger charge is -2.25. The monoisotopic (exact) mass is 548 g/mol. The molecule has 192 valence electrons. The standard InChI is InChI=1S/C28H21ClN2O6S/c1-3-20-23(27(35)36-2)24(15-7-5-4-6-8-15)31-25(32)22(38-28(31)30-20)14-17-10-12-21(37-17)18-13-16(26(33)34)9-11-19(18)29/h4-14,24H,3H2,1-2H3,(H,33,34)/b22-14-/t24-/m1/s1. The van der Waals surface area contributed by atoms with Crippen molar-refractivity contribution in [3.8, 4) is 11.3 Å². The van der Waals surface area contributed by atoms with E-state index in [9.17, 15) is 19.5 Å². The molecule has 3 heterocycles. The molecule has 0 spiro atoms. The number of methoxy groups -OCH3 is 1. The van der Waals surface area contributed by atoms with Crippen LogP contribution >= 0.6 is 22.9 Å². The number of aromatic carboxylic acids is 1. The molecule has 1 atom stereocenters. The zero-order chi connectivity index (χ0) is 27.0. The third-order valence-corrected chi connectivity index (χ3v) is 7.46. The van der Waals surface area contributed by atoms with Gasteiger partial charge in [0.25, 0.3) is 5.56 Å². The van der Waals surface area contributed by atoms with Gasteiger partial charge < -0.3 is 14.3 Å². The minimum Gasteiger partial charge on any atom is -0.478 e. The fourth-order valence-corrected chi connectivity index (χ4v) is 5.58. The Morgan fingerprint density at radius 2 is 1.95 bits per heavy atom. The van der Waals surface area contributed by atoms with Crippen molar-refractivity contribution in [3.05, 3.63) is 114 Å². The van der Waals surface area contributed by atoms with E-state index >= 15 is 0 Å². The van der Waals surface area contributed by atoms with Crippen LogP contribution in [0.2, 0.25) is 5.02 Å². The van der Waals surface area contributed by atoms with Crippen LogP contribution in [0, 0.1) is 0 Å². The number of thiazole rings is 1. The number of allylic oxidation sites excluding steroid dienone is 1. The maximum Gasteiger partial charge on any atom is 0.338 e. The van der Waals surface area contributed by atoms with Crippen LogP contribution in [0.1, 0.15) is 41.1 Å². The Morgan fingerprint density at radius 3 is 2.63 bits per heavy atom. The molecule has 2 aromatic carbocycles. The number of carboxylic acid groups (broad SMARTS) is 1. The largest absolute Gasteiger partial charge is 0.478 e. The number of hydrogen-bond acceptors (Lipinski definition) is 7. The molecule has 0 saturated heterocycles. The van der Waals surface area contributed by atoms with Gasteiger partial charge >= 0.3 is 11.9 Å². The molecule has 0 radical (unpaired) electrons. The zero-order valence-electron chi connectivity index (χ0n) is 20.3. The fourth-order valence-electron chi connectivity index (χ4n) is 4.37. The third-order valence-electron chi connectivity index (χ3n) is 6.14. The number of aromatic nitrogens is 1. The van der Waals surface area contributed by atoms with Gasteiger partial charge in [-0.05, 0) is 42.3 Å². The second-order valence-corrected chi connectivity index (χ2v) is 9.82. The second-order valence-electron chi connectivity index (χ2n) is 8.40. The summed E-state index contributed by atoms with van der Waals surface area (Å²) >= 11 is 7.47. The molecule has 5 rings (SSSR count). The van der Waals surface area contributed by atoms with Crippen molar-refractivity contribution in [1.29, 1.82) is 0 Å². The van der Waals surface area contributed by atoms with Gasteiger partial charge in [0.15, 0.2) is 4.80 Å². The van der Waals surface area contributed by atoms with Crippen LogP contribution in [0.15, 0.2) is 86.1 Å². The van der Waals surface area contributed by atoms with Gasteiger partial charge in [-0.1, -0.05) is 60.2 Å². The maximum atomic E-state index is 13.7. The third kappa shape index (κ3) is 4.51. The normalized spacial score (nSPS) is 15.2. The predicted octanol–water partition coefficient (Wildman–Crippen LogP) is 4.41. The quantitative estimate of drug-likeness (QED) is 0.357. The SMILES string of the molecule is CCC1=C(C(=O)OC)[C@@H](c2ccccc2)n2c(s/c(=C\c3ccc(-c4cc(C(=O)O)ccc4Cl)o3)c2=O)=N1. The number of halogens is 1. The van der Waals surface area contributed by atoms with E-state index in [2.05, 4.69) is 4.99 Å². The number of furan rings is 1. The summed E-state index contributed by atoms with van der Waals surface area (Å²) < 4.78 is 12.9. The van der Waals surface area contributed by atoms with Gasteiger partial charge in [0.1, 0.15) is 11.5 Å². The molecule has 10 heteroatoms. The van der Waals surface area contributed by atoms with Gasteiger partial charge in [0.2, 0.25) is 0 Å². The minimum absolute atomic E-state index is 0.0738. The number of rotatable bonds is 6. The summed E-state index contributed by atoms with van der Waals surface area (Å²) in [6.07, 6.45) is 2.08. The second kappa shape index (κ2) is 10.3. The summed E-state index contributed by atoms with van der Waals surface area (Å²) in [6.45, 7) is 1.90. The lowest BCUT2D eigenvalue weighted by Crippen LogP contribution is -2.40. The highest BCUT2D eigenvalue weighted by molar-refractivity contribution is 7.07. The van der Waals surface area contributed by atoms with Crippen molar-refractivity contribution in [2.75, 3.05) is 7.11 Å². The number of nitrogens with zero attached hydrogens (tertiary/aromatic N) is 2. The molecule has 1 N–H and O–H groups in total. The van der Waals surface area contributed by atoms with Gasteiger partial charge in [-0.25, -0.2) is 14.6 Å². The molecule has 8 nitrogen and oxygen atoms in total. The van der Waals surface area contributed by atoms with Crippen LogP contribution in [0.3, 0.4) is 0 Å². The van der Waals surface area contributed by atoms with Crippen LogP contribution in [0.5, 0.6) is 0 Å². The fraction of sp³-hybridized carbons (Fsp3) is 0.143. The highest BCUT2D eigenvalue weighted by Crippen LogP contribution is 2.32. The molecule has 0 fully saturated rings. The Kier molecular flexibility index (Phi) is 6.88. The van der Waals surface area contributed by atoms with Crippen molar-refractivity contribution >= 4 is 41.0 Å². The van der Waals surface area contributed by atoms with Crippen LogP contribution in [0.4, 0.5) is 0 Å². The highest BCUT2D eigenvalue weighted by Gasteiger charge is 2.33. The van der Waals surface area contributed by atoms with Crippen LogP contribution in [0.25, 0.3) is 17.4 Å². The summed E-state index contributed by atoms with van der Waals surface area (Å²) in [7, 11) is 1.31. The number of ether oxygens (including phenoxy) is 1. The highest BCUT2D eigenvalue weighted by atomic mass is 35.5. The molecule has 38 heavy (non-hydrogen) atoms. The van der Waals surface area contributed by atoms with E-state index in [1.807, 2.05) is 37.3 Å². The molecule has 1 aliphatic rings. The number of carbonyl (C=O) groups excluding carboxylic acids is 1. The summed E-state index contributed by atoms with van der Waals surface area (Å²) in [4.78, 5) is 43.0. The molecular formula is C28H21ClN2O6S. The molecule has 0 unspecified atom stereocenters. The van der Waals surface area contributed by atoms with E-state index in [1.165, 1.54) is 41.2 Å². The van der Waals surface area contributed by atoms with Crippen LogP contribution in [-0.4, -0.2) is 28.7 Å². The Morgan fingerprint density at radius 1 is 1.18 bits per heavy atom. The maximum absolute atomic E-state index is 13.7. The molecule has 4 aromatic rings. The van der Waals surface area contributed by atoms with E-state index in [1.54, 1.807) is 18.2 Å². The van der Waals surface area contributed by atoms with E-state index in [0.717, 1.165) is 5.56 Å². The lowest BCUT2D eigenvalue weighted by molar-refractivity contribution is -0.136. The summed E-state index contributed by atoms with van der Waals surface area (Å²) in [5.41, 5.74) is 1.81. The summed E-state index contributed by atoms with van der Waals surface area (Å²) in [5.74, 6) is -0.881. The average Bonchev–Trinajstić information content (AvgIpc) is 3.52. The van der Waals surface area contributed by atoms with E-state index < -0.39 is 18.0 Å². The molecule has 0 aliphatic carbocycles. The van der Waals surface area contributed by atoms with Crippen molar-refractivity contribution in [3.63, 3.8) is 0 Å². The first-order valence-corrected chi connectivity index (χ1v) is 12.8. The lowest BCUT2D eigenvalue weighted by atomic mass is 9.95. The molecular weight excluding hydrogens is 528 g/mol. The van der Waals surface area contributed by atoms with Crippen LogP contribution < -0.4 is 14.9 Å². The Hall–Kier alpha value is -4.21. The van der Waals surface area contributed by atoms with Crippen molar-refractivity contribution in [2.45, 2.75) is 19.4 Å². The van der Waals surface area contributed by atoms with Crippen molar-refractivity contribution in [2.24, 2.45) is 4.99 Å². The van der Waals surface area contributed by atoms with Gasteiger partial charge in [-0.15, -0.1) is 0 Å². The number of benzene rings is 2. The topological polar surface area (TPSA) is 111 Å². The van der Waals surface area contributed by atoms with Gasteiger partial charge in [0, 0.05) is 11.6 Å². The molecule has 0 bridgehead atoms. The minimum atomic E-state index is -1.08. The van der Waals surface area contributed by atoms with Crippen LogP contribution in [-0.2, 0) is 9.53 Å². The van der Waals surface area contributed by atoms with E-state index in [4.69, 9.17) is 20.8 Å². The molecule has 0 saturated carbocycles. The Bertz CT molecular complexity index is 1780. The van der Waals surface area contributed by atoms with Crippen molar-refractivity contribution in [1.82, 2.24) is 4.57 Å². The Balaban J connectivity index is 1.65. The van der Waals surface area contributed by atoms with Crippen molar-refractivity contribution < 1.29 is 23.8 Å². The first-order chi connectivity index (χ1) is 18.3. The predicted molar refractivity (Wildman–Crippen MR) is 143 cm³/mol. The molecule has 1 aliphatic heterocycles. The zero-order valence-corrected chi connectivity index (χ0v) is 21.9. The Labute approximate surface area is 225 Å². The first kappa shape index (κ1) is 25.4. The number of carbonyl (C=O) groups is 2. The molecule has 0 amide bonds. The number of esters is 1. The molecule has 2 aromatic heterocycles. The summed E-state index contributed by atoms with van der Waals surface area (Å²) in [5, 5.41) is 9.64. The number of carboxylic acids is 1. The van der Waals surface area contributed by atoms with E-state index in [0.29, 0.717) is 49.1 Å². The van der Waals surface area contributed by atoms with Gasteiger partial charge in [-0.2, -0.15) is 0 Å². The summed E-state index contributed by atoms with van der Waals surface area (Å²) in [6, 6.07) is 16.3. The smallest absolute Gasteiger partial charge is 0.338 e. The van der Waals surface area contributed by atoms with Gasteiger partial charge in [0.05, 0.1) is 39.5 Å². The van der Waals surface area contributed by atoms with E-state index in [-0.39, 0.29) is 11.1 Å². The average molecular weight is 549 g/mol. The first-order valence-electron chi connectivity index (χ1n) is 11.6. The number of hydrogen-bond donors (Lipinski definition) is 1. The van der Waals surface area contributed by atoms with Gasteiger partial charge in [-0.3, -0.25) is 9.36 Å². The number of fused-ring (bicyclic) bond motifs is 1.